The Balaban J connectivity index is 1.53. The van der Waals surface area contributed by atoms with Gasteiger partial charge in [0.1, 0.15) is 5.82 Å². The molecule has 226 valence electrons. The maximum absolute atomic E-state index is 15.2. The number of ether oxygens (including phenoxy) is 2. The number of halogens is 2. The third-order valence-electron chi connectivity index (χ3n) is 8.04. The van der Waals surface area contributed by atoms with Crippen LogP contribution < -0.4 is 16.4 Å². The van der Waals surface area contributed by atoms with Gasteiger partial charge in [0.15, 0.2) is 0 Å². The number of carbonyl (C=O) groups excluding carboxylic acids is 1. The van der Waals surface area contributed by atoms with E-state index in [2.05, 4.69) is 10.6 Å². The van der Waals surface area contributed by atoms with E-state index in [4.69, 9.17) is 26.8 Å². The predicted molar refractivity (Wildman–Crippen MR) is 158 cm³/mol. The molecule has 2 heterocycles. The lowest BCUT2D eigenvalue weighted by atomic mass is 9.76. The lowest BCUT2D eigenvalue weighted by molar-refractivity contribution is -0.118. The summed E-state index contributed by atoms with van der Waals surface area (Å²) in [6.45, 7) is 2.35. The molecule has 12 heteroatoms. The lowest BCUT2D eigenvalue weighted by Crippen LogP contribution is -2.60. The third kappa shape index (κ3) is 8.04. The number of nitrogens with one attached hydrogen (secondary N) is 2. The number of anilines is 1. The zero-order valence-electron chi connectivity index (χ0n) is 23.5. The van der Waals surface area contributed by atoms with Crippen LogP contribution in [0.3, 0.4) is 0 Å². The van der Waals surface area contributed by atoms with Gasteiger partial charge in [-0.15, -0.1) is 0 Å². The molecule has 2 aromatic rings. The Morgan fingerprint density at radius 3 is 2.54 bits per heavy atom. The number of methoxy groups -OCH3 is 1. The highest BCUT2D eigenvalue weighted by Crippen LogP contribution is 2.35. The molecule has 0 radical (unpaired) electrons. The van der Waals surface area contributed by atoms with Crippen molar-refractivity contribution in [3.05, 3.63) is 64.4 Å². The fraction of sp³-hybridized carbons (Fsp3) is 0.552. The van der Waals surface area contributed by atoms with Crippen molar-refractivity contribution in [1.82, 2.24) is 9.62 Å². The summed E-state index contributed by atoms with van der Waals surface area (Å²) in [6, 6.07) is 10.2. The van der Waals surface area contributed by atoms with Crippen LogP contribution in [0, 0.1) is 11.7 Å². The molecule has 2 aromatic carbocycles. The number of sulfonamides is 1. The van der Waals surface area contributed by atoms with Crippen LogP contribution in [0.4, 0.5) is 10.1 Å². The Kier molecular flexibility index (Phi) is 11.1. The van der Waals surface area contributed by atoms with E-state index in [0.29, 0.717) is 49.0 Å². The molecule has 0 aliphatic carbocycles. The van der Waals surface area contributed by atoms with Gasteiger partial charge in [-0.25, -0.2) is 12.8 Å². The van der Waals surface area contributed by atoms with Crippen LogP contribution in [0.5, 0.6) is 0 Å². The molecule has 1 unspecified atom stereocenters. The van der Waals surface area contributed by atoms with E-state index in [1.165, 1.54) is 29.8 Å². The molecule has 2 fully saturated rings. The van der Waals surface area contributed by atoms with Crippen molar-refractivity contribution in [2.24, 2.45) is 11.7 Å². The van der Waals surface area contributed by atoms with Gasteiger partial charge in [-0.1, -0.05) is 29.8 Å². The highest BCUT2D eigenvalue weighted by Gasteiger charge is 2.37. The number of rotatable bonds is 11. The van der Waals surface area contributed by atoms with Crippen LogP contribution in [-0.4, -0.2) is 83.0 Å². The maximum atomic E-state index is 15.2. The number of carbonyl (C=O) groups is 1. The monoisotopic (exact) mass is 610 g/mol. The van der Waals surface area contributed by atoms with Crippen LogP contribution in [0.2, 0.25) is 5.02 Å². The Hall–Kier alpha value is -2.12. The van der Waals surface area contributed by atoms with Gasteiger partial charge >= 0.3 is 0 Å². The summed E-state index contributed by atoms with van der Waals surface area (Å²) in [6.07, 6.45) is 3.30. The Labute approximate surface area is 246 Å². The van der Waals surface area contributed by atoms with Crippen LogP contribution >= 0.6 is 11.6 Å². The normalized spacial score (nSPS) is 22.3. The predicted octanol–water partition coefficient (Wildman–Crippen LogP) is 3.14. The second-order valence-electron chi connectivity index (χ2n) is 10.9. The molecular formula is C29H40ClFN4O5S. The summed E-state index contributed by atoms with van der Waals surface area (Å²) in [7, 11) is -2.00. The zero-order chi connectivity index (χ0) is 29.6. The maximum Gasteiger partial charge on any atom is 0.241 e. The molecule has 4 N–H and O–H groups in total. The van der Waals surface area contributed by atoms with Gasteiger partial charge in [-0.2, -0.15) is 4.31 Å². The minimum Gasteiger partial charge on any atom is -0.383 e. The second-order valence-corrected chi connectivity index (χ2v) is 13.2. The molecule has 0 aromatic heterocycles. The molecule has 9 nitrogen and oxygen atoms in total. The summed E-state index contributed by atoms with van der Waals surface area (Å²) < 4.78 is 52.7. The summed E-state index contributed by atoms with van der Waals surface area (Å²) in [5, 5.41) is 6.74. The van der Waals surface area contributed by atoms with E-state index in [0.717, 1.165) is 18.4 Å². The van der Waals surface area contributed by atoms with Gasteiger partial charge in [0.25, 0.3) is 0 Å². The Morgan fingerprint density at radius 2 is 1.88 bits per heavy atom. The van der Waals surface area contributed by atoms with Crippen molar-refractivity contribution in [2.75, 3.05) is 51.6 Å². The van der Waals surface area contributed by atoms with Gasteiger partial charge in [-0.05, 0) is 61.4 Å². The van der Waals surface area contributed by atoms with Gasteiger partial charge in [0, 0.05) is 61.6 Å². The first kappa shape index (κ1) is 31.8. The number of hydrogen-bond donors (Lipinski definition) is 3. The van der Waals surface area contributed by atoms with Gasteiger partial charge in [-0.3, -0.25) is 4.79 Å². The number of hydrogen-bond acceptors (Lipinski definition) is 7. The minimum atomic E-state index is -3.53. The molecule has 0 bridgehead atoms. The molecule has 4 rings (SSSR count). The van der Waals surface area contributed by atoms with Crippen LogP contribution in [0.25, 0.3) is 0 Å². The summed E-state index contributed by atoms with van der Waals surface area (Å²) in [5.74, 6) is -1.03. The minimum absolute atomic E-state index is 0.137. The molecular weight excluding hydrogens is 571 g/mol. The highest BCUT2D eigenvalue weighted by atomic mass is 35.5. The lowest BCUT2D eigenvalue weighted by Gasteiger charge is -2.40. The van der Waals surface area contributed by atoms with E-state index >= 15 is 4.39 Å². The Bertz CT molecular complexity index is 1270. The van der Waals surface area contributed by atoms with E-state index < -0.39 is 33.8 Å². The molecule has 0 saturated carbocycles. The van der Waals surface area contributed by atoms with Crippen molar-refractivity contribution in [3.8, 4) is 0 Å². The topological polar surface area (TPSA) is 123 Å². The number of piperazine rings is 1. The largest absolute Gasteiger partial charge is 0.383 e. The fourth-order valence-electron chi connectivity index (χ4n) is 6.14. The summed E-state index contributed by atoms with van der Waals surface area (Å²) >= 11 is 6.11. The first-order valence-corrected chi connectivity index (χ1v) is 16.2. The van der Waals surface area contributed by atoms with E-state index in [1.54, 1.807) is 18.2 Å². The van der Waals surface area contributed by atoms with E-state index in [9.17, 15) is 13.2 Å². The second kappa shape index (κ2) is 14.4. The average Bonchev–Trinajstić information content (AvgIpc) is 2.94. The zero-order valence-corrected chi connectivity index (χ0v) is 25.1. The van der Waals surface area contributed by atoms with Gasteiger partial charge in [0.2, 0.25) is 15.9 Å². The van der Waals surface area contributed by atoms with Crippen molar-refractivity contribution in [2.45, 2.75) is 49.7 Å². The van der Waals surface area contributed by atoms with Crippen LogP contribution in [0.1, 0.15) is 36.3 Å². The number of amides is 1. The van der Waals surface area contributed by atoms with Gasteiger partial charge in [0.05, 0.1) is 24.9 Å². The fourth-order valence-corrected chi connectivity index (χ4v) is 7.67. The van der Waals surface area contributed by atoms with Crippen molar-refractivity contribution >= 4 is 33.2 Å². The quantitative estimate of drug-likeness (QED) is 0.357. The van der Waals surface area contributed by atoms with Crippen molar-refractivity contribution < 1.29 is 27.1 Å². The third-order valence-corrected chi connectivity index (χ3v) is 9.66. The number of nitrogens with two attached hydrogens (primary N) is 1. The first-order chi connectivity index (χ1) is 19.6. The van der Waals surface area contributed by atoms with E-state index in [-0.39, 0.29) is 30.9 Å². The van der Waals surface area contributed by atoms with E-state index in [1.807, 2.05) is 12.1 Å². The van der Waals surface area contributed by atoms with Crippen molar-refractivity contribution in [3.63, 3.8) is 0 Å². The Morgan fingerprint density at radius 1 is 1.20 bits per heavy atom. The first-order valence-electron chi connectivity index (χ1n) is 13.9. The molecule has 1 amide bonds. The summed E-state index contributed by atoms with van der Waals surface area (Å²) in [4.78, 5) is 13.6. The molecule has 2 aliphatic rings. The molecule has 41 heavy (non-hydrogen) atoms. The van der Waals surface area contributed by atoms with Crippen LogP contribution in [-0.2, 0) is 30.7 Å². The standard InChI is InChI=1S/C29H40ClFN4O5S/c1-39-18-23-17-33-16-22(35(23)41(2,37)38)10-11-24-25(31)4-3-5-26(24)34-29(36)28(32)27(20-12-14-40-15-13-20)19-6-8-21(30)9-7-19/h3-9,20,22-23,27-28,33H,10-18,32H2,1-2H3,(H,34,36)/t22-,23?,27-,28-/m0/s1. The number of benzene rings is 2. The number of nitrogens with zero attached hydrogens (tertiary/aromatic N) is 1. The summed E-state index contributed by atoms with van der Waals surface area (Å²) in [5.41, 5.74) is 8.18. The smallest absolute Gasteiger partial charge is 0.241 e. The average molecular weight is 611 g/mol. The van der Waals surface area contributed by atoms with Crippen molar-refractivity contribution in [1.29, 1.82) is 0 Å². The molecule has 0 spiro atoms. The molecule has 2 aliphatic heterocycles. The highest BCUT2D eigenvalue weighted by molar-refractivity contribution is 7.88. The molecule has 4 atom stereocenters. The van der Waals surface area contributed by atoms with Crippen LogP contribution in [0.15, 0.2) is 42.5 Å². The van der Waals surface area contributed by atoms with Gasteiger partial charge < -0.3 is 25.8 Å². The SMILES string of the molecule is COCC1CNC[C@H](CCc2c(F)cccc2NC(=O)[C@@H](N)[C@@H](c2ccc(Cl)cc2)C2CCOCC2)N1S(C)(=O)=O. The molecule has 2 saturated heterocycles.